The predicted molar refractivity (Wildman–Crippen MR) is 61.1 cm³/mol. The van der Waals surface area contributed by atoms with Crippen molar-refractivity contribution < 1.29 is 0 Å². The molecule has 4 heteroatoms. The SMILES string of the molecule is CCc1cnc(Cc2csc(C)n2)s1. The van der Waals surface area contributed by atoms with Gasteiger partial charge in [-0.1, -0.05) is 6.92 Å². The van der Waals surface area contributed by atoms with Crippen LogP contribution in [0.4, 0.5) is 0 Å². The van der Waals surface area contributed by atoms with Gasteiger partial charge in [-0.25, -0.2) is 9.97 Å². The molecule has 2 aromatic rings. The molecule has 74 valence electrons. The average Bonchev–Trinajstić information content (AvgIpc) is 2.76. The quantitative estimate of drug-likeness (QED) is 0.800. The van der Waals surface area contributed by atoms with Crippen molar-refractivity contribution >= 4 is 22.7 Å². The molecule has 14 heavy (non-hydrogen) atoms. The smallest absolute Gasteiger partial charge is 0.0987 e. The molecule has 0 saturated carbocycles. The molecule has 2 aromatic heterocycles. The van der Waals surface area contributed by atoms with Crippen LogP contribution in [0.2, 0.25) is 0 Å². The molecule has 0 amide bonds. The Morgan fingerprint density at radius 3 is 2.86 bits per heavy atom. The van der Waals surface area contributed by atoms with Crippen LogP contribution in [-0.2, 0) is 12.8 Å². The van der Waals surface area contributed by atoms with Crippen LogP contribution in [0.1, 0.15) is 27.5 Å². The molecule has 2 nitrogen and oxygen atoms in total. The number of aryl methyl sites for hydroxylation is 2. The fourth-order valence-corrected chi connectivity index (χ4v) is 2.73. The molecule has 0 fully saturated rings. The van der Waals surface area contributed by atoms with Crippen molar-refractivity contribution in [3.05, 3.63) is 32.2 Å². The summed E-state index contributed by atoms with van der Waals surface area (Å²) in [5, 5.41) is 4.42. The third kappa shape index (κ3) is 2.19. The van der Waals surface area contributed by atoms with Crippen molar-refractivity contribution in [2.24, 2.45) is 0 Å². The lowest BCUT2D eigenvalue weighted by Gasteiger charge is -1.89. The van der Waals surface area contributed by atoms with Gasteiger partial charge in [0.1, 0.15) is 0 Å². The number of hydrogen-bond donors (Lipinski definition) is 0. The van der Waals surface area contributed by atoms with Crippen LogP contribution in [-0.4, -0.2) is 9.97 Å². The topological polar surface area (TPSA) is 25.8 Å². The highest BCUT2D eigenvalue weighted by Gasteiger charge is 2.04. The fourth-order valence-electron chi connectivity index (χ4n) is 1.24. The summed E-state index contributed by atoms with van der Waals surface area (Å²) < 4.78 is 0. The van der Waals surface area contributed by atoms with Gasteiger partial charge in [0.2, 0.25) is 0 Å². The molecule has 0 atom stereocenters. The largest absolute Gasteiger partial charge is 0.249 e. The molecule has 0 aliphatic heterocycles. The zero-order chi connectivity index (χ0) is 9.97. The summed E-state index contributed by atoms with van der Waals surface area (Å²) in [6, 6.07) is 0. The highest BCUT2D eigenvalue weighted by molar-refractivity contribution is 7.11. The summed E-state index contributed by atoms with van der Waals surface area (Å²) in [6.07, 6.45) is 3.93. The predicted octanol–water partition coefficient (Wildman–Crippen LogP) is 3.06. The second-order valence-corrected chi connectivity index (χ2v) is 5.37. The van der Waals surface area contributed by atoms with Crippen molar-refractivity contribution in [3.63, 3.8) is 0 Å². The summed E-state index contributed by atoms with van der Waals surface area (Å²) in [4.78, 5) is 10.2. The van der Waals surface area contributed by atoms with Crippen LogP contribution in [0, 0.1) is 6.92 Å². The number of rotatable bonds is 3. The first kappa shape index (κ1) is 9.80. The zero-order valence-electron chi connectivity index (χ0n) is 8.28. The Hall–Kier alpha value is -0.740. The van der Waals surface area contributed by atoms with Crippen LogP contribution in [0.25, 0.3) is 0 Å². The minimum Gasteiger partial charge on any atom is -0.249 e. The molecule has 0 radical (unpaired) electrons. The van der Waals surface area contributed by atoms with E-state index in [1.165, 1.54) is 9.88 Å². The third-order valence-electron chi connectivity index (χ3n) is 1.95. The van der Waals surface area contributed by atoms with Gasteiger partial charge in [-0.2, -0.15) is 0 Å². The van der Waals surface area contributed by atoms with Crippen LogP contribution < -0.4 is 0 Å². The van der Waals surface area contributed by atoms with E-state index in [9.17, 15) is 0 Å². The molecular weight excluding hydrogens is 212 g/mol. The average molecular weight is 224 g/mol. The monoisotopic (exact) mass is 224 g/mol. The van der Waals surface area contributed by atoms with E-state index >= 15 is 0 Å². The van der Waals surface area contributed by atoms with E-state index in [4.69, 9.17) is 0 Å². The van der Waals surface area contributed by atoms with E-state index in [0.29, 0.717) is 0 Å². The van der Waals surface area contributed by atoms with E-state index in [2.05, 4.69) is 22.3 Å². The molecule has 0 aliphatic rings. The van der Waals surface area contributed by atoms with Crippen molar-refractivity contribution in [2.75, 3.05) is 0 Å². The Bertz CT molecular complexity index is 417. The highest BCUT2D eigenvalue weighted by atomic mass is 32.1. The first-order valence-electron chi connectivity index (χ1n) is 4.62. The van der Waals surface area contributed by atoms with Gasteiger partial charge in [0.05, 0.1) is 15.7 Å². The van der Waals surface area contributed by atoms with E-state index in [1.54, 1.807) is 22.7 Å². The Balaban J connectivity index is 2.10. The second-order valence-electron chi connectivity index (χ2n) is 3.11. The van der Waals surface area contributed by atoms with Crippen molar-refractivity contribution in [3.8, 4) is 0 Å². The van der Waals surface area contributed by atoms with Crippen molar-refractivity contribution in [2.45, 2.75) is 26.7 Å². The molecule has 0 bridgehead atoms. The molecule has 2 rings (SSSR count). The van der Waals surface area contributed by atoms with E-state index in [1.807, 2.05) is 13.1 Å². The lowest BCUT2D eigenvalue weighted by molar-refractivity contribution is 1.06. The number of hydrogen-bond acceptors (Lipinski definition) is 4. The van der Waals surface area contributed by atoms with Gasteiger partial charge < -0.3 is 0 Å². The summed E-state index contributed by atoms with van der Waals surface area (Å²) in [5.41, 5.74) is 1.14. The van der Waals surface area contributed by atoms with Gasteiger partial charge in [0.25, 0.3) is 0 Å². The van der Waals surface area contributed by atoms with Gasteiger partial charge in [-0.05, 0) is 13.3 Å². The first-order valence-corrected chi connectivity index (χ1v) is 6.32. The maximum atomic E-state index is 4.43. The highest BCUT2D eigenvalue weighted by Crippen LogP contribution is 2.18. The third-order valence-corrected chi connectivity index (χ3v) is 3.91. The first-order chi connectivity index (χ1) is 6.78. The van der Waals surface area contributed by atoms with Crippen molar-refractivity contribution in [1.82, 2.24) is 9.97 Å². The Morgan fingerprint density at radius 2 is 2.29 bits per heavy atom. The summed E-state index contributed by atoms with van der Waals surface area (Å²) in [6.45, 7) is 4.19. The Labute approximate surface area is 91.7 Å². The number of aromatic nitrogens is 2. The molecule has 0 N–H and O–H groups in total. The lowest BCUT2D eigenvalue weighted by Crippen LogP contribution is -1.86. The summed E-state index contributed by atoms with van der Waals surface area (Å²) >= 11 is 3.49. The fraction of sp³-hybridized carbons (Fsp3) is 0.400. The van der Waals surface area contributed by atoms with Crippen LogP contribution in [0.15, 0.2) is 11.6 Å². The minimum atomic E-state index is 0.884. The van der Waals surface area contributed by atoms with E-state index in [0.717, 1.165) is 23.5 Å². The summed E-state index contributed by atoms with van der Waals surface area (Å²) in [7, 11) is 0. The van der Waals surface area contributed by atoms with Crippen LogP contribution in [0.3, 0.4) is 0 Å². The molecule has 0 unspecified atom stereocenters. The number of thiazole rings is 2. The van der Waals surface area contributed by atoms with Gasteiger partial charge in [0, 0.05) is 22.9 Å². The van der Waals surface area contributed by atoms with Gasteiger partial charge in [-0.15, -0.1) is 22.7 Å². The van der Waals surface area contributed by atoms with Gasteiger partial charge >= 0.3 is 0 Å². The van der Waals surface area contributed by atoms with Gasteiger partial charge in [0.15, 0.2) is 0 Å². The Morgan fingerprint density at radius 1 is 1.43 bits per heavy atom. The molecule has 0 spiro atoms. The normalized spacial score (nSPS) is 10.7. The molecule has 0 saturated heterocycles. The molecule has 2 heterocycles. The minimum absolute atomic E-state index is 0.884. The molecular formula is C10H12N2S2. The maximum Gasteiger partial charge on any atom is 0.0987 e. The van der Waals surface area contributed by atoms with Crippen LogP contribution in [0.5, 0.6) is 0 Å². The maximum absolute atomic E-state index is 4.43. The van der Waals surface area contributed by atoms with E-state index < -0.39 is 0 Å². The van der Waals surface area contributed by atoms with Crippen molar-refractivity contribution in [1.29, 1.82) is 0 Å². The number of nitrogens with zero attached hydrogens (tertiary/aromatic N) is 2. The molecule has 0 aromatic carbocycles. The zero-order valence-corrected chi connectivity index (χ0v) is 9.91. The lowest BCUT2D eigenvalue weighted by atomic mass is 10.3. The standard InChI is InChI=1S/C10H12N2S2/c1-3-9-5-11-10(14-9)4-8-6-13-7(2)12-8/h5-6H,3-4H2,1-2H3. The molecule has 0 aliphatic carbocycles. The summed E-state index contributed by atoms with van der Waals surface area (Å²) in [5.74, 6) is 0. The van der Waals surface area contributed by atoms with Gasteiger partial charge in [-0.3, -0.25) is 0 Å². The van der Waals surface area contributed by atoms with E-state index in [-0.39, 0.29) is 0 Å². The second kappa shape index (κ2) is 4.19. The Kier molecular flexibility index (Phi) is 2.93. The van der Waals surface area contributed by atoms with Crippen LogP contribution >= 0.6 is 22.7 Å².